The lowest BCUT2D eigenvalue weighted by atomic mass is 10.3. The number of aromatic nitrogens is 2. The van der Waals surface area contributed by atoms with Gasteiger partial charge in [-0.1, -0.05) is 0 Å². The predicted molar refractivity (Wildman–Crippen MR) is 69.7 cm³/mol. The first-order valence-corrected chi connectivity index (χ1v) is 4.45. The summed E-state index contributed by atoms with van der Waals surface area (Å²) >= 11 is 0. The second kappa shape index (κ2) is 5.94. The topological polar surface area (TPSA) is 53.1 Å². The van der Waals surface area contributed by atoms with Crippen LogP contribution >= 0.6 is 24.8 Å². The van der Waals surface area contributed by atoms with E-state index in [2.05, 4.69) is 4.98 Å². The highest BCUT2D eigenvalue weighted by Gasteiger charge is 2.06. The molecule has 0 atom stereocenters. The number of hydrogen-bond acceptors (Lipinski definition) is 3. The van der Waals surface area contributed by atoms with Crippen molar-refractivity contribution in [3.63, 3.8) is 0 Å². The van der Waals surface area contributed by atoms with Crippen molar-refractivity contribution in [2.45, 2.75) is 6.54 Å². The Balaban J connectivity index is 0.00000112. The van der Waals surface area contributed by atoms with E-state index in [1.54, 1.807) is 7.11 Å². The second-order valence-electron chi connectivity index (χ2n) is 3.15. The fourth-order valence-electron chi connectivity index (χ4n) is 1.54. The van der Waals surface area contributed by atoms with Crippen molar-refractivity contribution in [3.8, 4) is 5.75 Å². The van der Waals surface area contributed by atoms with E-state index in [1.807, 2.05) is 29.8 Å². The SMILES string of the molecule is COc1ccc2c(c1)nc(CN)n2C.Cl.Cl. The highest BCUT2D eigenvalue weighted by molar-refractivity contribution is 5.85. The van der Waals surface area contributed by atoms with Gasteiger partial charge in [0.1, 0.15) is 11.6 Å². The smallest absolute Gasteiger partial charge is 0.123 e. The van der Waals surface area contributed by atoms with Crippen LogP contribution in [0.4, 0.5) is 0 Å². The molecule has 90 valence electrons. The number of halogens is 2. The van der Waals surface area contributed by atoms with Gasteiger partial charge in [0.25, 0.3) is 0 Å². The molecule has 4 nitrogen and oxygen atoms in total. The molecule has 1 aromatic heterocycles. The first-order chi connectivity index (χ1) is 6.76. The minimum Gasteiger partial charge on any atom is -0.497 e. The number of fused-ring (bicyclic) bond motifs is 1. The molecule has 0 bridgehead atoms. The van der Waals surface area contributed by atoms with Crippen LogP contribution in [-0.4, -0.2) is 16.7 Å². The predicted octanol–water partition coefficient (Wildman–Crippen LogP) is 1.88. The van der Waals surface area contributed by atoms with Crippen LogP contribution in [0.5, 0.6) is 5.75 Å². The molecule has 6 heteroatoms. The van der Waals surface area contributed by atoms with E-state index in [1.165, 1.54) is 0 Å². The summed E-state index contributed by atoms with van der Waals surface area (Å²) in [5.41, 5.74) is 7.57. The van der Waals surface area contributed by atoms with Gasteiger partial charge in [-0.15, -0.1) is 24.8 Å². The third-order valence-corrected chi connectivity index (χ3v) is 2.36. The van der Waals surface area contributed by atoms with E-state index in [-0.39, 0.29) is 24.8 Å². The number of nitrogens with zero attached hydrogens (tertiary/aromatic N) is 2. The van der Waals surface area contributed by atoms with Crippen molar-refractivity contribution in [2.24, 2.45) is 12.8 Å². The molecular weight excluding hydrogens is 249 g/mol. The van der Waals surface area contributed by atoms with Crippen LogP contribution < -0.4 is 10.5 Å². The molecule has 0 saturated heterocycles. The van der Waals surface area contributed by atoms with Gasteiger partial charge in [0, 0.05) is 13.1 Å². The summed E-state index contributed by atoms with van der Waals surface area (Å²) in [6, 6.07) is 5.82. The van der Waals surface area contributed by atoms with Crippen LogP contribution in [0.2, 0.25) is 0 Å². The first-order valence-electron chi connectivity index (χ1n) is 4.45. The van der Waals surface area contributed by atoms with Gasteiger partial charge in [0.2, 0.25) is 0 Å². The van der Waals surface area contributed by atoms with Crippen molar-refractivity contribution in [1.82, 2.24) is 9.55 Å². The second-order valence-corrected chi connectivity index (χ2v) is 3.15. The van der Waals surface area contributed by atoms with Crippen LogP contribution in [0.15, 0.2) is 18.2 Å². The van der Waals surface area contributed by atoms with E-state index >= 15 is 0 Å². The summed E-state index contributed by atoms with van der Waals surface area (Å²) < 4.78 is 7.12. The lowest BCUT2D eigenvalue weighted by molar-refractivity contribution is 0.415. The van der Waals surface area contributed by atoms with Crippen molar-refractivity contribution >= 4 is 35.8 Å². The number of imidazole rings is 1. The Morgan fingerprint density at radius 3 is 2.62 bits per heavy atom. The van der Waals surface area contributed by atoms with E-state index in [0.717, 1.165) is 22.6 Å². The van der Waals surface area contributed by atoms with E-state index in [0.29, 0.717) is 6.54 Å². The Morgan fingerprint density at radius 2 is 2.06 bits per heavy atom. The fourth-order valence-corrected chi connectivity index (χ4v) is 1.54. The van der Waals surface area contributed by atoms with Crippen molar-refractivity contribution in [2.75, 3.05) is 7.11 Å². The molecule has 0 unspecified atom stereocenters. The maximum atomic E-state index is 5.57. The van der Waals surface area contributed by atoms with Gasteiger partial charge in [0.15, 0.2) is 0 Å². The quantitative estimate of drug-likeness (QED) is 0.901. The van der Waals surface area contributed by atoms with Gasteiger partial charge in [-0.3, -0.25) is 0 Å². The molecule has 1 aromatic carbocycles. The zero-order valence-electron chi connectivity index (χ0n) is 9.14. The third-order valence-electron chi connectivity index (χ3n) is 2.36. The summed E-state index contributed by atoms with van der Waals surface area (Å²) in [7, 11) is 3.61. The minimum atomic E-state index is 0. The molecule has 0 radical (unpaired) electrons. The molecule has 0 spiro atoms. The molecule has 0 fully saturated rings. The van der Waals surface area contributed by atoms with Crippen molar-refractivity contribution in [3.05, 3.63) is 24.0 Å². The van der Waals surface area contributed by atoms with Gasteiger partial charge < -0.3 is 15.0 Å². The summed E-state index contributed by atoms with van der Waals surface area (Å²) in [6.07, 6.45) is 0. The van der Waals surface area contributed by atoms with Crippen LogP contribution in [-0.2, 0) is 13.6 Å². The Labute approximate surface area is 107 Å². The maximum Gasteiger partial charge on any atom is 0.123 e. The number of rotatable bonds is 2. The lowest BCUT2D eigenvalue weighted by Crippen LogP contribution is -2.04. The lowest BCUT2D eigenvalue weighted by Gasteiger charge is -1.99. The van der Waals surface area contributed by atoms with E-state index in [4.69, 9.17) is 10.5 Å². The number of hydrogen-bond donors (Lipinski definition) is 1. The molecule has 2 aromatic rings. The average Bonchev–Trinajstić information content (AvgIpc) is 2.55. The number of ether oxygens (including phenoxy) is 1. The largest absolute Gasteiger partial charge is 0.497 e. The minimum absolute atomic E-state index is 0. The van der Waals surface area contributed by atoms with Crippen LogP contribution in [0.25, 0.3) is 11.0 Å². The zero-order valence-corrected chi connectivity index (χ0v) is 10.8. The molecule has 0 aliphatic heterocycles. The van der Waals surface area contributed by atoms with Gasteiger partial charge in [-0.05, 0) is 12.1 Å². The number of benzene rings is 1. The molecule has 0 amide bonds. The third kappa shape index (κ3) is 2.40. The Morgan fingerprint density at radius 1 is 1.38 bits per heavy atom. The Kier molecular flexibility index (Phi) is 5.58. The molecule has 1 heterocycles. The number of aryl methyl sites for hydroxylation is 1. The highest BCUT2D eigenvalue weighted by atomic mass is 35.5. The fraction of sp³-hybridized carbons (Fsp3) is 0.300. The Hall–Kier alpha value is -0.970. The number of nitrogens with two attached hydrogens (primary N) is 1. The van der Waals surface area contributed by atoms with Crippen molar-refractivity contribution in [1.29, 1.82) is 0 Å². The normalized spacial score (nSPS) is 9.44. The zero-order chi connectivity index (χ0) is 10.1. The molecule has 0 aliphatic rings. The molecule has 2 N–H and O–H groups in total. The molecule has 16 heavy (non-hydrogen) atoms. The van der Waals surface area contributed by atoms with Gasteiger partial charge in [-0.25, -0.2) is 4.98 Å². The van der Waals surface area contributed by atoms with Gasteiger partial charge >= 0.3 is 0 Å². The summed E-state index contributed by atoms with van der Waals surface area (Å²) in [5, 5.41) is 0. The van der Waals surface area contributed by atoms with Crippen LogP contribution in [0.1, 0.15) is 5.82 Å². The molecule has 0 aliphatic carbocycles. The van der Waals surface area contributed by atoms with Crippen LogP contribution in [0, 0.1) is 0 Å². The highest BCUT2D eigenvalue weighted by Crippen LogP contribution is 2.20. The standard InChI is InChI=1S/C10H13N3O.2ClH/c1-13-9-4-3-7(14-2)5-8(9)12-10(13)6-11;;/h3-5H,6,11H2,1-2H3;2*1H. The van der Waals surface area contributed by atoms with Crippen LogP contribution in [0.3, 0.4) is 0 Å². The molecule has 2 rings (SSSR count). The summed E-state index contributed by atoms with van der Waals surface area (Å²) in [6.45, 7) is 0.452. The van der Waals surface area contributed by atoms with Crippen molar-refractivity contribution < 1.29 is 4.74 Å². The van der Waals surface area contributed by atoms with Gasteiger partial charge in [-0.2, -0.15) is 0 Å². The molecular formula is C10H15Cl2N3O. The average molecular weight is 264 g/mol. The summed E-state index contributed by atoms with van der Waals surface area (Å²) in [4.78, 5) is 4.40. The molecule has 0 saturated carbocycles. The first kappa shape index (κ1) is 15.0. The maximum absolute atomic E-state index is 5.57. The monoisotopic (exact) mass is 263 g/mol. The Bertz CT molecular complexity index is 470. The van der Waals surface area contributed by atoms with E-state index < -0.39 is 0 Å². The summed E-state index contributed by atoms with van der Waals surface area (Å²) in [5.74, 6) is 1.70. The van der Waals surface area contributed by atoms with E-state index in [9.17, 15) is 0 Å². The van der Waals surface area contributed by atoms with Gasteiger partial charge in [0.05, 0.1) is 24.7 Å². The number of methoxy groups -OCH3 is 1.